The molecular weight excluding hydrogens is 326 g/mol. The van der Waals surface area contributed by atoms with Gasteiger partial charge in [0.1, 0.15) is 0 Å². The molecule has 1 heterocycles. The normalized spacial score (nSPS) is 11.9. The van der Waals surface area contributed by atoms with Crippen LogP contribution in [-0.4, -0.2) is 16.0 Å². The van der Waals surface area contributed by atoms with E-state index < -0.39 is 0 Å². The lowest BCUT2D eigenvalue weighted by atomic mass is 10.0. The van der Waals surface area contributed by atoms with Gasteiger partial charge in [-0.1, -0.05) is 53.2 Å². The summed E-state index contributed by atoms with van der Waals surface area (Å²) in [7, 11) is 0. The maximum atomic E-state index is 12.2. The van der Waals surface area contributed by atoms with Crippen molar-refractivity contribution in [3.05, 3.63) is 71.0 Å². The lowest BCUT2D eigenvalue weighted by molar-refractivity contribution is -0.122. The fourth-order valence-corrected chi connectivity index (χ4v) is 2.47. The van der Waals surface area contributed by atoms with Crippen molar-refractivity contribution in [3.8, 4) is 11.5 Å². The van der Waals surface area contributed by atoms with Gasteiger partial charge in [-0.15, -0.1) is 0 Å². The molecule has 0 aliphatic heterocycles. The second kappa shape index (κ2) is 7.27. The Labute approximate surface area is 144 Å². The highest BCUT2D eigenvalue weighted by Gasteiger charge is 2.16. The largest absolute Gasteiger partial charge is 0.348 e. The average Bonchev–Trinajstić information content (AvgIpc) is 3.09. The van der Waals surface area contributed by atoms with E-state index in [1.165, 1.54) is 0 Å². The van der Waals surface area contributed by atoms with Gasteiger partial charge in [0.15, 0.2) is 5.82 Å². The summed E-state index contributed by atoms with van der Waals surface area (Å²) in [4.78, 5) is 16.5. The minimum absolute atomic E-state index is 0.0877. The second-order valence-electron chi connectivity index (χ2n) is 5.38. The fourth-order valence-electron chi connectivity index (χ4n) is 2.28. The van der Waals surface area contributed by atoms with Gasteiger partial charge in [0.05, 0.1) is 12.5 Å². The van der Waals surface area contributed by atoms with E-state index in [-0.39, 0.29) is 18.4 Å². The van der Waals surface area contributed by atoms with Crippen molar-refractivity contribution < 1.29 is 9.32 Å². The molecule has 0 saturated carbocycles. The maximum Gasteiger partial charge on any atom is 0.258 e. The van der Waals surface area contributed by atoms with E-state index in [9.17, 15) is 4.79 Å². The molecule has 0 bridgehead atoms. The number of rotatable bonds is 5. The van der Waals surface area contributed by atoms with Crippen LogP contribution in [0.5, 0.6) is 0 Å². The molecule has 6 heteroatoms. The van der Waals surface area contributed by atoms with E-state index in [1.54, 1.807) is 12.1 Å². The van der Waals surface area contributed by atoms with Crippen molar-refractivity contribution in [2.75, 3.05) is 0 Å². The fraction of sp³-hybridized carbons (Fsp3) is 0.167. The van der Waals surface area contributed by atoms with Gasteiger partial charge in [-0.3, -0.25) is 4.79 Å². The Kier molecular flexibility index (Phi) is 4.91. The van der Waals surface area contributed by atoms with Gasteiger partial charge < -0.3 is 9.84 Å². The van der Waals surface area contributed by atoms with E-state index in [1.807, 2.05) is 49.4 Å². The molecule has 0 unspecified atom stereocenters. The molecule has 1 aromatic heterocycles. The quantitative estimate of drug-likeness (QED) is 0.766. The summed E-state index contributed by atoms with van der Waals surface area (Å²) in [5, 5.41) is 7.30. The van der Waals surface area contributed by atoms with E-state index in [2.05, 4.69) is 15.5 Å². The third-order valence-electron chi connectivity index (χ3n) is 3.65. The summed E-state index contributed by atoms with van der Waals surface area (Å²) in [6.45, 7) is 2.07. The van der Waals surface area contributed by atoms with Crippen molar-refractivity contribution in [2.45, 2.75) is 19.4 Å². The molecule has 0 aliphatic carbocycles. The highest BCUT2D eigenvalue weighted by atomic mass is 35.5. The van der Waals surface area contributed by atoms with Crippen molar-refractivity contribution in [3.63, 3.8) is 0 Å². The first-order valence-corrected chi connectivity index (χ1v) is 7.92. The van der Waals surface area contributed by atoms with Gasteiger partial charge in [-0.05, 0) is 30.7 Å². The third-order valence-corrected chi connectivity index (χ3v) is 3.89. The molecule has 3 rings (SSSR count). The first kappa shape index (κ1) is 16.2. The molecule has 122 valence electrons. The summed E-state index contributed by atoms with van der Waals surface area (Å²) in [6.07, 6.45) is 0. The lowest BCUT2D eigenvalue weighted by Gasteiger charge is -2.11. The molecule has 2 aromatic carbocycles. The number of aromatic nitrogens is 2. The Bertz CT molecular complexity index is 833. The lowest BCUT2D eigenvalue weighted by Crippen LogP contribution is -2.27. The standard InChI is InChI=1S/C18H16ClN3O2/c1-12(13-6-3-2-4-7-13)17(23)20-11-16-21-18(24-22-16)14-8-5-9-15(19)10-14/h2-10,12H,11H2,1H3,(H,20,23)/t12-/m1/s1. The number of hydrogen-bond donors (Lipinski definition) is 1. The van der Waals surface area contributed by atoms with Crippen LogP contribution >= 0.6 is 11.6 Å². The average molecular weight is 342 g/mol. The summed E-state index contributed by atoms with van der Waals surface area (Å²) in [5.74, 6) is 0.456. The first-order chi connectivity index (χ1) is 11.6. The molecule has 0 spiro atoms. The number of halogens is 1. The first-order valence-electron chi connectivity index (χ1n) is 7.54. The zero-order chi connectivity index (χ0) is 16.9. The molecule has 0 saturated heterocycles. The highest BCUT2D eigenvalue weighted by Crippen LogP contribution is 2.21. The van der Waals surface area contributed by atoms with Crippen molar-refractivity contribution in [1.82, 2.24) is 15.5 Å². The number of carbonyl (C=O) groups excluding carboxylic acids is 1. The third kappa shape index (κ3) is 3.81. The summed E-state index contributed by atoms with van der Waals surface area (Å²) >= 11 is 5.95. The van der Waals surface area contributed by atoms with Crippen molar-refractivity contribution in [1.29, 1.82) is 0 Å². The molecule has 24 heavy (non-hydrogen) atoms. The number of hydrogen-bond acceptors (Lipinski definition) is 4. The summed E-state index contributed by atoms with van der Waals surface area (Å²) in [5.41, 5.74) is 1.70. The monoisotopic (exact) mass is 341 g/mol. The molecule has 0 aliphatic rings. The van der Waals surface area contributed by atoms with Crippen LogP contribution in [0.4, 0.5) is 0 Å². The van der Waals surface area contributed by atoms with Gasteiger partial charge >= 0.3 is 0 Å². The van der Waals surface area contributed by atoms with Gasteiger partial charge in [0.25, 0.3) is 5.89 Å². The Morgan fingerprint density at radius 1 is 1.21 bits per heavy atom. The smallest absolute Gasteiger partial charge is 0.258 e. The number of nitrogens with zero attached hydrogens (tertiary/aromatic N) is 2. The topological polar surface area (TPSA) is 68.0 Å². The number of carbonyl (C=O) groups is 1. The minimum Gasteiger partial charge on any atom is -0.348 e. The van der Waals surface area contributed by atoms with Gasteiger partial charge in [-0.25, -0.2) is 0 Å². The van der Waals surface area contributed by atoms with Crippen LogP contribution in [0.2, 0.25) is 5.02 Å². The molecule has 3 aromatic rings. The Morgan fingerprint density at radius 2 is 2.00 bits per heavy atom. The van der Waals surface area contributed by atoms with Gasteiger partial charge in [0, 0.05) is 10.6 Å². The van der Waals surface area contributed by atoms with E-state index in [0.29, 0.717) is 16.7 Å². The predicted molar refractivity (Wildman–Crippen MR) is 91.4 cm³/mol. The Morgan fingerprint density at radius 3 is 2.75 bits per heavy atom. The zero-order valence-electron chi connectivity index (χ0n) is 13.1. The van der Waals surface area contributed by atoms with Crippen LogP contribution in [0.25, 0.3) is 11.5 Å². The maximum absolute atomic E-state index is 12.2. The number of amides is 1. The van der Waals surface area contributed by atoms with Crippen molar-refractivity contribution >= 4 is 17.5 Å². The molecule has 5 nitrogen and oxygen atoms in total. The zero-order valence-corrected chi connectivity index (χ0v) is 13.8. The predicted octanol–water partition coefficient (Wildman–Crippen LogP) is 3.81. The van der Waals surface area contributed by atoms with Crippen LogP contribution in [0.3, 0.4) is 0 Å². The van der Waals surface area contributed by atoms with Crippen molar-refractivity contribution in [2.24, 2.45) is 0 Å². The van der Waals surface area contributed by atoms with Gasteiger partial charge in [0.2, 0.25) is 5.91 Å². The van der Waals surface area contributed by atoms with Crippen LogP contribution in [0.15, 0.2) is 59.1 Å². The molecule has 0 radical (unpaired) electrons. The highest BCUT2D eigenvalue weighted by molar-refractivity contribution is 6.30. The number of benzene rings is 2. The summed E-state index contributed by atoms with van der Waals surface area (Å²) < 4.78 is 5.21. The van der Waals surface area contributed by atoms with Gasteiger partial charge in [-0.2, -0.15) is 4.98 Å². The van der Waals surface area contributed by atoms with E-state index >= 15 is 0 Å². The molecule has 0 fully saturated rings. The second-order valence-corrected chi connectivity index (χ2v) is 5.81. The Hall–Kier alpha value is -2.66. The molecular formula is C18H16ClN3O2. The molecule has 1 N–H and O–H groups in total. The van der Waals surface area contributed by atoms with Crippen LogP contribution in [-0.2, 0) is 11.3 Å². The van der Waals surface area contributed by atoms with Crippen LogP contribution < -0.4 is 5.32 Å². The minimum atomic E-state index is -0.245. The number of nitrogens with one attached hydrogen (secondary N) is 1. The Balaban J connectivity index is 1.62. The summed E-state index contributed by atoms with van der Waals surface area (Å²) in [6, 6.07) is 16.8. The van der Waals surface area contributed by atoms with E-state index in [0.717, 1.165) is 11.1 Å². The molecule has 1 amide bonds. The molecule has 1 atom stereocenters. The van der Waals surface area contributed by atoms with Crippen LogP contribution in [0, 0.1) is 0 Å². The SMILES string of the molecule is C[C@@H](C(=O)NCc1noc(-c2cccc(Cl)c2)n1)c1ccccc1. The van der Waals surface area contributed by atoms with E-state index in [4.69, 9.17) is 16.1 Å². The van der Waals surface area contributed by atoms with Crippen LogP contribution in [0.1, 0.15) is 24.2 Å².